The van der Waals surface area contributed by atoms with Gasteiger partial charge in [0.15, 0.2) is 0 Å². The maximum Gasteiger partial charge on any atom is 0.280 e. The molecule has 0 bridgehead atoms. The van der Waals surface area contributed by atoms with E-state index in [2.05, 4.69) is 15.3 Å². The molecular weight excluding hydrogens is 218 g/mol. The van der Waals surface area contributed by atoms with Crippen molar-refractivity contribution in [2.75, 3.05) is 24.5 Å². The van der Waals surface area contributed by atoms with Crippen LogP contribution in [-0.4, -0.2) is 35.5 Å². The van der Waals surface area contributed by atoms with Crippen LogP contribution in [-0.2, 0) is 4.79 Å². The number of aromatic nitrogens is 2. The van der Waals surface area contributed by atoms with Gasteiger partial charge >= 0.3 is 0 Å². The van der Waals surface area contributed by atoms with E-state index in [0.717, 1.165) is 6.33 Å². The number of nitrogens with zero attached hydrogens (tertiary/aromatic N) is 3. The van der Waals surface area contributed by atoms with Crippen LogP contribution in [0.25, 0.3) is 0 Å². The van der Waals surface area contributed by atoms with Crippen LogP contribution in [0.5, 0.6) is 0 Å². The van der Waals surface area contributed by atoms with Gasteiger partial charge in [-0.3, -0.25) is 4.79 Å². The predicted octanol–water partition coefficient (Wildman–Crippen LogP) is 0.350. The Bertz CT molecular complexity index is 399. The fourth-order valence-corrected chi connectivity index (χ4v) is 1.49. The molecule has 0 atom stereocenters. The van der Waals surface area contributed by atoms with Gasteiger partial charge in [0, 0.05) is 19.2 Å². The van der Waals surface area contributed by atoms with Gasteiger partial charge in [-0.15, -0.1) is 0 Å². The number of piperazine rings is 1. The molecule has 1 saturated heterocycles. The van der Waals surface area contributed by atoms with Gasteiger partial charge < -0.3 is 10.2 Å². The van der Waals surface area contributed by atoms with Crippen LogP contribution in [0, 0.1) is 0 Å². The summed E-state index contributed by atoms with van der Waals surface area (Å²) in [6, 6.07) is 1.21. The molecule has 0 aliphatic carbocycles. The number of alkyl halides is 2. The minimum absolute atomic E-state index is 0.136. The smallest absolute Gasteiger partial charge is 0.280 e. The number of hydrogen-bond donors (Lipinski definition) is 1. The van der Waals surface area contributed by atoms with Gasteiger partial charge in [-0.05, 0) is 0 Å². The number of carbonyl (C=O) groups excluding carboxylic acids is 1. The molecule has 1 aromatic heterocycles. The van der Waals surface area contributed by atoms with E-state index >= 15 is 0 Å². The fourth-order valence-electron chi connectivity index (χ4n) is 1.49. The Morgan fingerprint density at radius 3 is 2.94 bits per heavy atom. The molecule has 86 valence electrons. The number of carbonyl (C=O) groups is 1. The predicted molar refractivity (Wildman–Crippen MR) is 52.2 cm³/mol. The van der Waals surface area contributed by atoms with Gasteiger partial charge in [0.25, 0.3) is 6.43 Å². The van der Waals surface area contributed by atoms with E-state index in [4.69, 9.17) is 0 Å². The van der Waals surface area contributed by atoms with Gasteiger partial charge in [0.05, 0.1) is 6.54 Å². The van der Waals surface area contributed by atoms with Crippen LogP contribution >= 0.6 is 0 Å². The van der Waals surface area contributed by atoms with E-state index in [1.807, 2.05) is 0 Å². The molecule has 1 fully saturated rings. The van der Waals surface area contributed by atoms with Crippen molar-refractivity contribution in [3.63, 3.8) is 0 Å². The second-order valence-electron chi connectivity index (χ2n) is 3.37. The summed E-state index contributed by atoms with van der Waals surface area (Å²) in [4.78, 5) is 20.1. The van der Waals surface area contributed by atoms with E-state index in [-0.39, 0.29) is 18.1 Å². The average Bonchev–Trinajstić information content (AvgIpc) is 2.29. The van der Waals surface area contributed by atoms with Crippen LogP contribution < -0.4 is 10.2 Å². The molecule has 0 saturated carbocycles. The SMILES string of the molecule is O=C1CN(c2cc(C(F)F)ncn2)CCN1. The molecule has 1 N–H and O–H groups in total. The summed E-state index contributed by atoms with van der Waals surface area (Å²) in [5.74, 6) is 0.226. The second-order valence-corrected chi connectivity index (χ2v) is 3.37. The molecule has 16 heavy (non-hydrogen) atoms. The molecule has 7 heteroatoms. The summed E-state index contributed by atoms with van der Waals surface area (Å²) in [6.07, 6.45) is -1.54. The third-order valence-electron chi connectivity index (χ3n) is 2.26. The van der Waals surface area contributed by atoms with Crippen molar-refractivity contribution in [2.24, 2.45) is 0 Å². The van der Waals surface area contributed by atoms with Gasteiger partial charge in [0.2, 0.25) is 5.91 Å². The Morgan fingerprint density at radius 1 is 1.44 bits per heavy atom. The highest BCUT2D eigenvalue weighted by Crippen LogP contribution is 2.19. The Balaban J connectivity index is 2.19. The van der Waals surface area contributed by atoms with Crippen LogP contribution in [0.4, 0.5) is 14.6 Å². The highest BCUT2D eigenvalue weighted by atomic mass is 19.3. The Kier molecular flexibility index (Phi) is 2.93. The van der Waals surface area contributed by atoms with Crippen molar-refractivity contribution < 1.29 is 13.6 Å². The largest absolute Gasteiger partial charge is 0.353 e. The van der Waals surface area contributed by atoms with Crippen molar-refractivity contribution in [3.05, 3.63) is 18.1 Å². The van der Waals surface area contributed by atoms with E-state index < -0.39 is 6.43 Å². The summed E-state index contributed by atoms with van der Waals surface area (Å²) in [6.45, 7) is 1.19. The number of rotatable bonds is 2. The lowest BCUT2D eigenvalue weighted by molar-refractivity contribution is -0.120. The lowest BCUT2D eigenvalue weighted by atomic mass is 10.3. The highest BCUT2D eigenvalue weighted by molar-refractivity contribution is 5.82. The molecular formula is C9H10F2N4O. The molecule has 1 amide bonds. The number of anilines is 1. The van der Waals surface area contributed by atoms with Crippen molar-refractivity contribution in [1.29, 1.82) is 0 Å². The Labute approximate surface area is 90.5 Å². The third-order valence-corrected chi connectivity index (χ3v) is 2.26. The zero-order chi connectivity index (χ0) is 11.5. The number of halogens is 2. The summed E-state index contributed by atoms with van der Waals surface area (Å²) in [5.41, 5.74) is -0.323. The first-order valence-corrected chi connectivity index (χ1v) is 4.78. The first kappa shape index (κ1) is 10.7. The minimum Gasteiger partial charge on any atom is -0.353 e. The van der Waals surface area contributed by atoms with Crippen molar-refractivity contribution in [2.45, 2.75) is 6.43 Å². The molecule has 2 heterocycles. The highest BCUT2D eigenvalue weighted by Gasteiger charge is 2.19. The molecule has 1 aromatic rings. The lowest BCUT2D eigenvalue weighted by Gasteiger charge is -2.27. The monoisotopic (exact) mass is 228 g/mol. The van der Waals surface area contributed by atoms with Crippen molar-refractivity contribution in [3.8, 4) is 0 Å². The van der Waals surface area contributed by atoms with E-state index in [0.29, 0.717) is 18.9 Å². The van der Waals surface area contributed by atoms with Gasteiger partial charge in [0.1, 0.15) is 17.8 Å². The molecule has 0 unspecified atom stereocenters. The standard InChI is InChI=1S/C9H10F2N4O/c10-9(11)6-3-7(14-5-13-6)15-2-1-12-8(16)4-15/h3,5,9H,1-2,4H2,(H,12,16). The third kappa shape index (κ3) is 2.23. The average molecular weight is 228 g/mol. The van der Waals surface area contributed by atoms with Crippen LogP contribution in [0.15, 0.2) is 12.4 Å². The molecule has 5 nitrogen and oxygen atoms in total. The first-order valence-electron chi connectivity index (χ1n) is 4.78. The lowest BCUT2D eigenvalue weighted by Crippen LogP contribution is -2.48. The summed E-state index contributed by atoms with van der Waals surface area (Å²) in [7, 11) is 0. The molecule has 1 aliphatic rings. The fraction of sp³-hybridized carbons (Fsp3) is 0.444. The van der Waals surface area contributed by atoms with Crippen molar-refractivity contribution >= 4 is 11.7 Å². The number of nitrogens with one attached hydrogen (secondary N) is 1. The van der Waals surface area contributed by atoms with Crippen LogP contribution in [0.2, 0.25) is 0 Å². The molecule has 1 aliphatic heterocycles. The van der Waals surface area contributed by atoms with Gasteiger partial charge in [-0.1, -0.05) is 0 Å². The molecule has 0 radical (unpaired) electrons. The van der Waals surface area contributed by atoms with Crippen LogP contribution in [0.3, 0.4) is 0 Å². The van der Waals surface area contributed by atoms with Gasteiger partial charge in [-0.25, -0.2) is 18.7 Å². The second kappa shape index (κ2) is 4.38. The van der Waals surface area contributed by atoms with Crippen molar-refractivity contribution in [1.82, 2.24) is 15.3 Å². The first-order chi connectivity index (χ1) is 7.66. The molecule has 0 aromatic carbocycles. The minimum atomic E-state index is -2.62. The zero-order valence-electron chi connectivity index (χ0n) is 8.36. The van der Waals surface area contributed by atoms with Crippen LogP contribution in [0.1, 0.15) is 12.1 Å². The Morgan fingerprint density at radius 2 is 2.25 bits per heavy atom. The van der Waals surface area contributed by atoms with E-state index in [9.17, 15) is 13.6 Å². The maximum absolute atomic E-state index is 12.4. The summed E-state index contributed by atoms with van der Waals surface area (Å²) < 4.78 is 24.8. The normalized spacial score (nSPS) is 16.4. The van der Waals surface area contributed by atoms with Gasteiger partial charge in [-0.2, -0.15) is 0 Å². The summed E-state index contributed by atoms with van der Waals surface area (Å²) >= 11 is 0. The van der Waals surface area contributed by atoms with E-state index in [1.165, 1.54) is 6.07 Å². The Hall–Kier alpha value is -1.79. The summed E-state index contributed by atoms with van der Waals surface area (Å²) in [5, 5.41) is 2.65. The zero-order valence-corrected chi connectivity index (χ0v) is 8.36. The number of hydrogen-bond acceptors (Lipinski definition) is 4. The molecule has 0 spiro atoms. The quantitative estimate of drug-likeness (QED) is 0.793. The number of amides is 1. The van der Waals surface area contributed by atoms with E-state index in [1.54, 1.807) is 4.90 Å². The topological polar surface area (TPSA) is 58.1 Å². The molecule has 2 rings (SSSR count). The maximum atomic E-state index is 12.4.